The minimum absolute atomic E-state index is 0.265. The summed E-state index contributed by atoms with van der Waals surface area (Å²) in [5, 5.41) is 2.68. The van der Waals surface area contributed by atoms with Crippen molar-refractivity contribution in [1.82, 2.24) is 20.2 Å². The first-order valence-electron chi connectivity index (χ1n) is 7.54. The molecule has 2 heterocycles. The fourth-order valence-electron chi connectivity index (χ4n) is 2.19. The highest BCUT2D eigenvalue weighted by Gasteiger charge is 2.23. The van der Waals surface area contributed by atoms with Crippen LogP contribution in [0.5, 0.6) is 0 Å². The van der Waals surface area contributed by atoms with Gasteiger partial charge in [-0.15, -0.1) is 6.58 Å². The van der Waals surface area contributed by atoms with E-state index in [9.17, 15) is 9.59 Å². The second kappa shape index (κ2) is 8.11. The van der Waals surface area contributed by atoms with Gasteiger partial charge in [0.05, 0.1) is 6.61 Å². The standard InChI is InChI=1S/C15H21N5O3/c1-3-6-16-13(21)12-5-7-17-14(18-12)19-8-10-20(11-9-19)15(22)23-4-2/h3,5,7H,1,4,6,8-11H2,2H3,(H,16,21). The number of amides is 2. The maximum absolute atomic E-state index is 11.9. The number of hydrogen-bond acceptors (Lipinski definition) is 6. The van der Waals surface area contributed by atoms with Gasteiger partial charge in [-0.05, 0) is 13.0 Å². The van der Waals surface area contributed by atoms with Crippen LogP contribution in [0.15, 0.2) is 24.9 Å². The Morgan fingerprint density at radius 2 is 2.13 bits per heavy atom. The summed E-state index contributed by atoms with van der Waals surface area (Å²) in [6.07, 6.45) is 2.86. The summed E-state index contributed by atoms with van der Waals surface area (Å²) < 4.78 is 4.99. The van der Waals surface area contributed by atoms with Gasteiger partial charge >= 0.3 is 6.09 Å². The number of aromatic nitrogens is 2. The van der Waals surface area contributed by atoms with Crippen molar-refractivity contribution in [1.29, 1.82) is 0 Å². The summed E-state index contributed by atoms with van der Waals surface area (Å²) in [6.45, 7) is 8.35. The molecule has 1 N–H and O–H groups in total. The predicted molar refractivity (Wildman–Crippen MR) is 85.4 cm³/mol. The van der Waals surface area contributed by atoms with E-state index in [1.54, 1.807) is 30.2 Å². The van der Waals surface area contributed by atoms with E-state index in [2.05, 4.69) is 21.9 Å². The number of carbonyl (C=O) groups excluding carboxylic acids is 2. The smallest absolute Gasteiger partial charge is 0.409 e. The van der Waals surface area contributed by atoms with Crippen molar-refractivity contribution < 1.29 is 14.3 Å². The molecule has 8 nitrogen and oxygen atoms in total. The Morgan fingerprint density at radius 3 is 2.78 bits per heavy atom. The monoisotopic (exact) mass is 319 g/mol. The molecule has 0 aromatic carbocycles. The van der Waals surface area contributed by atoms with E-state index in [0.717, 1.165) is 0 Å². The van der Waals surface area contributed by atoms with Crippen molar-refractivity contribution in [2.24, 2.45) is 0 Å². The zero-order chi connectivity index (χ0) is 16.7. The summed E-state index contributed by atoms with van der Waals surface area (Å²) in [6, 6.07) is 1.57. The minimum atomic E-state index is -0.300. The summed E-state index contributed by atoms with van der Waals surface area (Å²) in [4.78, 5) is 35.7. The molecular formula is C15H21N5O3. The normalized spacial score (nSPS) is 14.3. The van der Waals surface area contributed by atoms with Gasteiger partial charge in [-0.25, -0.2) is 14.8 Å². The molecule has 0 atom stereocenters. The molecule has 1 aromatic heterocycles. The molecule has 0 bridgehead atoms. The number of piperazine rings is 1. The Balaban J connectivity index is 1.97. The third-order valence-corrected chi connectivity index (χ3v) is 3.37. The molecule has 0 spiro atoms. The molecule has 2 amide bonds. The molecular weight excluding hydrogens is 298 g/mol. The number of nitrogens with one attached hydrogen (secondary N) is 1. The second-order valence-electron chi connectivity index (χ2n) is 4.91. The lowest BCUT2D eigenvalue weighted by molar-refractivity contribution is 0.0953. The lowest BCUT2D eigenvalue weighted by Crippen LogP contribution is -2.49. The van der Waals surface area contributed by atoms with E-state index >= 15 is 0 Å². The Kier molecular flexibility index (Phi) is 5.90. The molecule has 0 radical (unpaired) electrons. The largest absolute Gasteiger partial charge is 0.450 e. The van der Waals surface area contributed by atoms with Crippen LogP contribution in [0, 0.1) is 0 Å². The topological polar surface area (TPSA) is 87.7 Å². The van der Waals surface area contributed by atoms with Gasteiger partial charge in [0, 0.05) is 38.9 Å². The molecule has 8 heteroatoms. The Hall–Kier alpha value is -2.64. The first kappa shape index (κ1) is 16.7. The van der Waals surface area contributed by atoms with Crippen molar-refractivity contribution in [2.75, 3.05) is 44.2 Å². The number of anilines is 1. The van der Waals surface area contributed by atoms with Gasteiger partial charge in [0.15, 0.2) is 0 Å². The number of nitrogens with zero attached hydrogens (tertiary/aromatic N) is 4. The van der Waals surface area contributed by atoms with Crippen molar-refractivity contribution in [3.63, 3.8) is 0 Å². The summed E-state index contributed by atoms with van der Waals surface area (Å²) in [7, 11) is 0. The lowest BCUT2D eigenvalue weighted by Gasteiger charge is -2.34. The van der Waals surface area contributed by atoms with Crippen LogP contribution < -0.4 is 10.2 Å². The Morgan fingerprint density at radius 1 is 1.39 bits per heavy atom. The van der Waals surface area contributed by atoms with Gasteiger partial charge in [0.2, 0.25) is 5.95 Å². The zero-order valence-electron chi connectivity index (χ0n) is 13.2. The fraction of sp³-hybridized carbons (Fsp3) is 0.467. The summed E-state index contributed by atoms with van der Waals surface area (Å²) in [5.41, 5.74) is 0.310. The van der Waals surface area contributed by atoms with Crippen molar-refractivity contribution in [3.05, 3.63) is 30.6 Å². The molecule has 124 valence electrons. The summed E-state index contributed by atoms with van der Waals surface area (Å²) in [5.74, 6) is 0.221. The van der Waals surface area contributed by atoms with E-state index < -0.39 is 0 Å². The highest BCUT2D eigenvalue weighted by molar-refractivity contribution is 5.92. The molecule has 1 aliphatic heterocycles. The summed E-state index contributed by atoms with van der Waals surface area (Å²) >= 11 is 0. The molecule has 0 saturated carbocycles. The van der Waals surface area contributed by atoms with Crippen LogP contribution >= 0.6 is 0 Å². The number of hydrogen-bond donors (Lipinski definition) is 1. The Bertz CT molecular complexity index is 570. The fourth-order valence-corrected chi connectivity index (χ4v) is 2.19. The average molecular weight is 319 g/mol. The SMILES string of the molecule is C=CCNC(=O)c1ccnc(N2CCN(C(=O)OCC)CC2)n1. The molecule has 1 aliphatic rings. The van der Waals surface area contributed by atoms with Gasteiger partial charge in [0.25, 0.3) is 5.91 Å². The second-order valence-corrected chi connectivity index (χ2v) is 4.91. The van der Waals surface area contributed by atoms with Gasteiger partial charge < -0.3 is 19.9 Å². The van der Waals surface area contributed by atoms with E-state index in [-0.39, 0.29) is 12.0 Å². The van der Waals surface area contributed by atoms with Crippen LogP contribution in [0.3, 0.4) is 0 Å². The highest BCUT2D eigenvalue weighted by Crippen LogP contribution is 2.12. The quantitative estimate of drug-likeness (QED) is 0.803. The molecule has 2 rings (SSSR count). The predicted octanol–water partition coefficient (Wildman–Crippen LogP) is 0.671. The number of rotatable bonds is 5. The maximum atomic E-state index is 11.9. The van der Waals surface area contributed by atoms with E-state index in [4.69, 9.17) is 4.74 Å². The van der Waals surface area contributed by atoms with Crippen molar-refractivity contribution in [3.8, 4) is 0 Å². The van der Waals surface area contributed by atoms with Crippen LogP contribution in [0.1, 0.15) is 17.4 Å². The molecule has 1 saturated heterocycles. The van der Waals surface area contributed by atoms with Crippen LogP contribution in [-0.4, -0.2) is 66.2 Å². The zero-order valence-corrected chi connectivity index (χ0v) is 13.2. The molecule has 1 aromatic rings. The van der Waals surface area contributed by atoms with Gasteiger partial charge in [-0.2, -0.15) is 0 Å². The van der Waals surface area contributed by atoms with Gasteiger partial charge in [-0.1, -0.05) is 6.08 Å². The van der Waals surface area contributed by atoms with Gasteiger partial charge in [-0.3, -0.25) is 4.79 Å². The van der Waals surface area contributed by atoms with Gasteiger partial charge in [0.1, 0.15) is 5.69 Å². The minimum Gasteiger partial charge on any atom is -0.450 e. The molecule has 1 fully saturated rings. The first-order chi connectivity index (χ1) is 11.2. The molecule has 0 aliphatic carbocycles. The third kappa shape index (κ3) is 4.41. The van der Waals surface area contributed by atoms with Crippen LogP contribution in [0.2, 0.25) is 0 Å². The first-order valence-corrected chi connectivity index (χ1v) is 7.54. The molecule has 23 heavy (non-hydrogen) atoms. The Labute approximate surface area is 135 Å². The van der Waals surface area contributed by atoms with Crippen LogP contribution in [-0.2, 0) is 4.74 Å². The molecule has 0 unspecified atom stereocenters. The van der Waals surface area contributed by atoms with Crippen LogP contribution in [0.25, 0.3) is 0 Å². The van der Waals surface area contributed by atoms with E-state index in [1.807, 2.05) is 4.90 Å². The van der Waals surface area contributed by atoms with E-state index in [0.29, 0.717) is 51.0 Å². The van der Waals surface area contributed by atoms with Crippen molar-refractivity contribution >= 4 is 17.9 Å². The highest BCUT2D eigenvalue weighted by atomic mass is 16.6. The maximum Gasteiger partial charge on any atom is 0.409 e. The number of carbonyl (C=O) groups is 2. The van der Waals surface area contributed by atoms with Crippen LogP contribution in [0.4, 0.5) is 10.7 Å². The van der Waals surface area contributed by atoms with E-state index in [1.165, 1.54) is 0 Å². The third-order valence-electron chi connectivity index (χ3n) is 3.37. The number of ether oxygens (including phenoxy) is 1. The lowest BCUT2D eigenvalue weighted by atomic mass is 10.3. The van der Waals surface area contributed by atoms with Crippen molar-refractivity contribution in [2.45, 2.75) is 6.92 Å². The average Bonchev–Trinajstić information content (AvgIpc) is 2.60.